The first-order chi connectivity index (χ1) is 13.6. The molecule has 0 bridgehead atoms. The van der Waals surface area contributed by atoms with Gasteiger partial charge in [-0.1, -0.05) is 6.92 Å². The lowest BCUT2D eigenvalue weighted by atomic mass is 9.85. The number of hydrogen-bond acceptors (Lipinski definition) is 5. The molecule has 1 aliphatic heterocycles. The second-order valence-electron chi connectivity index (χ2n) is 8.40. The maximum absolute atomic E-state index is 13.0. The standard InChI is InChI=1S/C23H30O4S/c1-3-16(12-15-8-10-26-11-9-15)19-13-18(24)22(23(25)27-19)21(17-5-6-17)20-7-4-14(2)28-20/h4,7,13,15-17,21,24H,3,5-6,8-12H2,1-2H3. The third kappa shape index (κ3) is 4.20. The molecule has 2 aromatic heterocycles. The molecular formula is C23H30O4S. The van der Waals surface area contributed by atoms with E-state index in [4.69, 9.17) is 9.15 Å². The molecule has 1 saturated carbocycles. The van der Waals surface area contributed by atoms with Gasteiger partial charge in [-0.25, -0.2) is 4.79 Å². The van der Waals surface area contributed by atoms with Crippen LogP contribution >= 0.6 is 11.3 Å². The van der Waals surface area contributed by atoms with Crippen molar-refractivity contribution >= 4 is 11.3 Å². The predicted molar refractivity (Wildman–Crippen MR) is 111 cm³/mol. The van der Waals surface area contributed by atoms with E-state index in [0.717, 1.165) is 56.6 Å². The Kier molecular flexibility index (Phi) is 5.93. The van der Waals surface area contributed by atoms with Crippen LogP contribution in [0.5, 0.6) is 5.75 Å². The highest BCUT2D eigenvalue weighted by Crippen LogP contribution is 2.49. The van der Waals surface area contributed by atoms with Crippen LogP contribution in [0.15, 0.2) is 27.4 Å². The molecule has 2 aliphatic rings. The minimum atomic E-state index is -0.358. The minimum Gasteiger partial charge on any atom is -0.507 e. The Labute approximate surface area is 170 Å². The second-order valence-corrected chi connectivity index (χ2v) is 9.71. The normalized spacial score (nSPS) is 20.2. The van der Waals surface area contributed by atoms with Gasteiger partial charge in [-0.05, 0) is 69.4 Å². The third-order valence-electron chi connectivity index (χ3n) is 6.31. The summed E-state index contributed by atoms with van der Waals surface area (Å²) in [7, 11) is 0. The molecule has 3 heterocycles. The molecule has 2 unspecified atom stereocenters. The molecule has 5 heteroatoms. The molecule has 0 aromatic carbocycles. The summed E-state index contributed by atoms with van der Waals surface area (Å²) in [6.45, 7) is 5.83. The van der Waals surface area contributed by atoms with Gasteiger partial charge in [-0.2, -0.15) is 0 Å². The molecule has 4 rings (SSSR count). The van der Waals surface area contributed by atoms with Gasteiger partial charge < -0.3 is 14.3 Å². The van der Waals surface area contributed by atoms with E-state index in [-0.39, 0.29) is 23.2 Å². The fourth-order valence-electron chi connectivity index (χ4n) is 4.52. The van der Waals surface area contributed by atoms with Crippen LogP contribution in [0.2, 0.25) is 0 Å². The van der Waals surface area contributed by atoms with Crippen LogP contribution in [-0.2, 0) is 4.74 Å². The molecular weight excluding hydrogens is 372 g/mol. The van der Waals surface area contributed by atoms with E-state index in [0.29, 0.717) is 23.2 Å². The van der Waals surface area contributed by atoms with Crippen molar-refractivity contribution in [3.05, 3.63) is 49.7 Å². The lowest BCUT2D eigenvalue weighted by molar-refractivity contribution is 0.0606. The molecule has 1 saturated heterocycles. The maximum atomic E-state index is 13.0. The summed E-state index contributed by atoms with van der Waals surface area (Å²) in [6, 6.07) is 5.90. The van der Waals surface area contributed by atoms with E-state index < -0.39 is 0 Å². The number of aromatic hydroxyl groups is 1. The zero-order valence-corrected chi connectivity index (χ0v) is 17.6. The summed E-state index contributed by atoms with van der Waals surface area (Å²) in [4.78, 5) is 15.4. The van der Waals surface area contributed by atoms with E-state index in [1.807, 2.05) is 0 Å². The van der Waals surface area contributed by atoms with Gasteiger partial charge in [0.15, 0.2) is 0 Å². The van der Waals surface area contributed by atoms with Crippen molar-refractivity contribution in [1.82, 2.24) is 0 Å². The fraction of sp³-hybridized carbons (Fsp3) is 0.609. The van der Waals surface area contributed by atoms with E-state index >= 15 is 0 Å². The van der Waals surface area contributed by atoms with E-state index in [2.05, 4.69) is 26.0 Å². The molecule has 0 amide bonds. The summed E-state index contributed by atoms with van der Waals surface area (Å²) in [5.74, 6) is 1.90. The first-order valence-corrected chi connectivity index (χ1v) is 11.4. The molecule has 0 radical (unpaired) electrons. The number of aryl methyl sites for hydroxylation is 1. The highest BCUT2D eigenvalue weighted by atomic mass is 32.1. The Morgan fingerprint density at radius 1 is 1.21 bits per heavy atom. The van der Waals surface area contributed by atoms with E-state index in [1.54, 1.807) is 17.4 Å². The molecule has 4 nitrogen and oxygen atoms in total. The lowest BCUT2D eigenvalue weighted by Crippen LogP contribution is -2.20. The molecule has 152 valence electrons. The summed E-state index contributed by atoms with van der Waals surface area (Å²) in [5, 5.41) is 10.9. The van der Waals surface area contributed by atoms with Crippen LogP contribution in [0.1, 0.15) is 78.4 Å². The zero-order chi connectivity index (χ0) is 19.7. The first kappa shape index (κ1) is 19.7. The average Bonchev–Trinajstić information content (AvgIpc) is 3.43. The monoisotopic (exact) mass is 402 g/mol. The van der Waals surface area contributed by atoms with Crippen molar-refractivity contribution in [2.75, 3.05) is 13.2 Å². The van der Waals surface area contributed by atoms with Crippen molar-refractivity contribution in [1.29, 1.82) is 0 Å². The van der Waals surface area contributed by atoms with Gasteiger partial charge in [0.1, 0.15) is 11.5 Å². The van der Waals surface area contributed by atoms with Gasteiger partial charge in [-0.3, -0.25) is 0 Å². The topological polar surface area (TPSA) is 59.7 Å². The quantitative estimate of drug-likeness (QED) is 0.658. The SMILES string of the molecule is CCC(CC1CCOCC1)c1cc(O)c(C(c2ccc(C)s2)C2CC2)c(=O)o1. The van der Waals surface area contributed by atoms with Crippen LogP contribution in [-0.4, -0.2) is 18.3 Å². The molecule has 1 aliphatic carbocycles. The predicted octanol–water partition coefficient (Wildman–Crippen LogP) is 5.57. The van der Waals surface area contributed by atoms with Crippen LogP contribution in [0.4, 0.5) is 0 Å². The molecule has 2 fully saturated rings. The summed E-state index contributed by atoms with van der Waals surface area (Å²) >= 11 is 1.71. The summed E-state index contributed by atoms with van der Waals surface area (Å²) in [5.41, 5.74) is 0.0948. The Bertz CT molecular complexity index is 858. The van der Waals surface area contributed by atoms with Gasteiger partial charge in [0.2, 0.25) is 0 Å². The molecule has 2 atom stereocenters. The Balaban J connectivity index is 1.62. The van der Waals surface area contributed by atoms with Gasteiger partial charge in [0, 0.05) is 40.9 Å². The van der Waals surface area contributed by atoms with Crippen LogP contribution < -0.4 is 5.63 Å². The van der Waals surface area contributed by atoms with Gasteiger partial charge in [0.05, 0.1) is 5.56 Å². The van der Waals surface area contributed by atoms with Gasteiger partial charge in [0.25, 0.3) is 0 Å². The Hall–Kier alpha value is -1.59. The highest BCUT2D eigenvalue weighted by molar-refractivity contribution is 7.12. The van der Waals surface area contributed by atoms with Crippen molar-refractivity contribution in [2.24, 2.45) is 11.8 Å². The van der Waals surface area contributed by atoms with Gasteiger partial charge >= 0.3 is 5.63 Å². The minimum absolute atomic E-state index is 0.0421. The van der Waals surface area contributed by atoms with Crippen molar-refractivity contribution in [3.63, 3.8) is 0 Å². The molecule has 0 spiro atoms. The summed E-state index contributed by atoms with van der Waals surface area (Å²) in [6.07, 6.45) is 6.21. The second kappa shape index (κ2) is 8.42. The Morgan fingerprint density at radius 3 is 2.54 bits per heavy atom. The van der Waals surface area contributed by atoms with Crippen LogP contribution in [0.3, 0.4) is 0 Å². The van der Waals surface area contributed by atoms with Gasteiger partial charge in [-0.15, -0.1) is 11.3 Å². The number of ether oxygens (including phenoxy) is 1. The maximum Gasteiger partial charge on any atom is 0.343 e. The fourth-order valence-corrected chi connectivity index (χ4v) is 5.61. The zero-order valence-electron chi connectivity index (χ0n) is 16.8. The van der Waals surface area contributed by atoms with Crippen molar-refractivity contribution < 1.29 is 14.3 Å². The lowest BCUT2D eigenvalue weighted by Gasteiger charge is -2.26. The Morgan fingerprint density at radius 2 is 1.96 bits per heavy atom. The molecule has 28 heavy (non-hydrogen) atoms. The average molecular weight is 403 g/mol. The highest BCUT2D eigenvalue weighted by Gasteiger charge is 2.38. The van der Waals surface area contributed by atoms with E-state index in [9.17, 15) is 9.90 Å². The number of rotatable bonds is 7. The first-order valence-electron chi connectivity index (χ1n) is 10.6. The summed E-state index contributed by atoms with van der Waals surface area (Å²) < 4.78 is 11.3. The van der Waals surface area contributed by atoms with Crippen LogP contribution in [0.25, 0.3) is 0 Å². The number of thiophene rings is 1. The van der Waals surface area contributed by atoms with E-state index in [1.165, 1.54) is 4.88 Å². The largest absolute Gasteiger partial charge is 0.507 e. The van der Waals surface area contributed by atoms with Crippen molar-refractivity contribution in [2.45, 2.75) is 64.2 Å². The number of hydrogen-bond donors (Lipinski definition) is 1. The molecule has 1 N–H and O–H groups in total. The third-order valence-corrected chi connectivity index (χ3v) is 7.40. The smallest absolute Gasteiger partial charge is 0.343 e. The van der Waals surface area contributed by atoms with Crippen LogP contribution in [0, 0.1) is 18.8 Å². The van der Waals surface area contributed by atoms with Crippen molar-refractivity contribution in [3.8, 4) is 5.75 Å². The molecule has 2 aromatic rings.